The zero-order valence-corrected chi connectivity index (χ0v) is 41.5. The third-order valence-corrected chi connectivity index (χ3v) is 12.2. The molecule has 0 bridgehead atoms. The van der Waals surface area contributed by atoms with Crippen LogP contribution in [0.5, 0.6) is 0 Å². The molecule has 0 aliphatic carbocycles. The Morgan fingerprint density at radius 3 is 1.34 bits per heavy atom. The van der Waals surface area contributed by atoms with Gasteiger partial charge in [0.2, 0.25) is 0 Å². The van der Waals surface area contributed by atoms with Crippen molar-refractivity contribution in [2.75, 3.05) is 47.5 Å². The second kappa shape index (κ2) is 43.7. The highest BCUT2D eigenvalue weighted by atomic mass is 31.2. The van der Waals surface area contributed by atoms with E-state index in [0.29, 0.717) is 23.9 Å². The fourth-order valence-electron chi connectivity index (χ4n) is 7.20. The van der Waals surface area contributed by atoms with Crippen LogP contribution in [-0.2, 0) is 32.7 Å². The van der Waals surface area contributed by atoms with Gasteiger partial charge >= 0.3 is 11.9 Å². The molecular weight excluding hydrogens is 786 g/mol. The summed E-state index contributed by atoms with van der Waals surface area (Å²) in [5.74, 6) is -0.839. The number of ether oxygens (including phenoxy) is 2. The normalized spacial score (nSPS) is 13.6. The summed E-state index contributed by atoms with van der Waals surface area (Å²) >= 11 is 0. The average molecular weight is 884 g/mol. The van der Waals surface area contributed by atoms with Crippen LogP contribution in [0.25, 0.3) is 0 Å². The molecule has 0 heterocycles. The number of phosphoric ester groups is 1. The molecule has 0 aromatic carbocycles. The second-order valence-corrected chi connectivity index (χ2v) is 20.0. The Morgan fingerprint density at radius 2 is 0.902 bits per heavy atom. The van der Waals surface area contributed by atoms with Crippen molar-refractivity contribution in [2.24, 2.45) is 0 Å². The third-order valence-electron chi connectivity index (χ3n) is 11.2. The Labute approximate surface area is 377 Å². The zero-order valence-electron chi connectivity index (χ0n) is 40.6. The van der Waals surface area contributed by atoms with Crippen LogP contribution in [0.1, 0.15) is 239 Å². The highest BCUT2D eigenvalue weighted by molar-refractivity contribution is 7.45. The van der Waals surface area contributed by atoms with Crippen molar-refractivity contribution in [2.45, 2.75) is 245 Å². The number of nitrogens with zero attached hydrogens (tertiary/aromatic N) is 1. The molecule has 0 aliphatic heterocycles. The molecule has 0 aromatic rings. The molecule has 0 spiro atoms. The van der Waals surface area contributed by atoms with Crippen molar-refractivity contribution in [1.29, 1.82) is 0 Å². The van der Waals surface area contributed by atoms with Gasteiger partial charge in [0.25, 0.3) is 7.82 Å². The van der Waals surface area contributed by atoms with E-state index in [0.717, 1.165) is 57.8 Å². The summed E-state index contributed by atoms with van der Waals surface area (Å²) in [5.41, 5.74) is 0. The number of quaternary nitrogens is 1. The predicted octanol–water partition coefficient (Wildman–Crippen LogP) is 14.5. The Balaban J connectivity index is 4.19. The van der Waals surface area contributed by atoms with Crippen LogP contribution in [0.15, 0.2) is 24.3 Å². The minimum atomic E-state index is -4.63. The van der Waals surface area contributed by atoms with Crippen molar-refractivity contribution in [3.8, 4) is 0 Å². The van der Waals surface area contributed by atoms with Gasteiger partial charge in [-0.2, -0.15) is 0 Å². The zero-order chi connectivity index (χ0) is 45.0. The van der Waals surface area contributed by atoms with Crippen LogP contribution in [0.2, 0.25) is 0 Å². The number of likely N-dealkylation sites (N-methyl/N-ethyl adjacent to an activating group) is 1. The van der Waals surface area contributed by atoms with Crippen LogP contribution in [0, 0.1) is 0 Å². The van der Waals surface area contributed by atoms with E-state index in [1.807, 2.05) is 21.1 Å². The first-order valence-electron chi connectivity index (χ1n) is 25.5. The summed E-state index contributed by atoms with van der Waals surface area (Å²) in [4.78, 5) is 37.7. The number of esters is 2. The first-order chi connectivity index (χ1) is 29.5. The molecule has 0 N–H and O–H groups in total. The monoisotopic (exact) mass is 884 g/mol. The average Bonchev–Trinajstić information content (AvgIpc) is 3.21. The lowest BCUT2D eigenvalue weighted by Crippen LogP contribution is -2.37. The topological polar surface area (TPSA) is 111 Å². The molecule has 2 atom stereocenters. The fourth-order valence-corrected chi connectivity index (χ4v) is 7.93. The maximum absolute atomic E-state index is 12.7. The summed E-state index contributed by atoms with van der Waals surface area (Å²) < 4.78 is 34.0. The van der Waals surface area contributed by atoms with Gasteiger partial charge in [0.1, 0.15) is 19.8 Å². The van der Waals surface area contributed by atoms with Crippen LogP contribution >= 0.6 is 7.82 Å². The van der Waals surface area contributed by atoms with Crippen molar-refractivity contribution in [3.63, 3.8) is 0 Å². The Kier molecular flexibility index (Phi) is 42.6. The van der Waals surface area contributed by atoms with Gasteiger partial charge in [0.15, 0.2) is 6.10 Å². The van der Waals surface area contributed by atoms with Gasteiger partial charge in [-0.05, 0) is 38.5 Å². The van der Waals surface area contributed by atoms with E-state index in [9.17, 15) is 19.0 Å². The van der Waals surface area contributed by atoms with Crippen molar-refractivity contribution >= 4 is 19.8 Å². The maximum Gasteiger partial charge on any atom is 0.306 e. The molecule has 9 nitrogen and oxygen atoms in total. The fraction of sp³-hybridized carbons (Fsp3) is 0.882. The quantitative estimate of drug-likeness (QED) is 0.0195. The van der Waals surface area contributed by atoms with E-state index in [-0.39, 0.29) is 26.1 Å². The highest BCUT2D eigenvalue weighted by Crippen LogP contribution is 2.38. The lowest BCUT2D eigenvalue weighted by atomic mass is 10.0. The van der Waals surface area contributed by atoms with Crippen molar-refractivity contribution < 1.29 is 42.1 Å². The van der Waals surface area contributed by atoms with E-state index < -0.39 is 32.5 Å². The molecule has 0 saturated heterocycles. The predicted molar refractivity (Wildman–Crippen MR) is 254 cm³/mol. The van der Waals surface area contributed by atoms with Gasteiger partial charge in [-0.3, -0.25) is 14.2 Å². The summed E-state index contributed by atoms with van der Waals surface area (Å²) in [6.45, 7) is 4.21. The van der Waals surface area contributed by atoms with Gasteiger partial charge in [0.05, 0.1) is 27.7 Å². The number of unbranched alkanes of at least 4 members (excludes halogenated alkanes) is 29. The molecule has 0 aliphatic rings. The lowest BCUT2D eigenvalue weighted by Gasteiger charge is -2.28. The summed E-state index contributed by atoms with van der Waals surface area (Å²) in [6.07, 6.45) is 49.3. The molecule has 0 aromatic heterocycles. The molecule has 0 rings (SSSR count). The molecular formula is C51H98NO8P. The molecule has 360 valence electrons. The SMILES string of the molecule is CCCC/C=C/C/C=C/CCCCCCCC(=O)OC[C@H](COP(=O)([O-])OCC[N+](C)(C)C)OC(=O)CCCCCCCCCCCCCCCCCCCCCCCCC. The Hall–Kier alpha value is -1.51. The molecule has 61 heavy (non-hydrogen) atoms. The summed E-state index contributed by atoms with van der Waals surface area (Å²) in [7, 11) is 1.17. The number of rotatable bonds is 47. The lowest BCUT2D eigenvalue weighted by molar-refractivity contribution is -0.870. The van der Waals surface area contributed by atoms with Crippen LogP contribution in [-0.4, -0.2) is 70.0 Å². The number of carbonyl (C=O) groups excluding carboxylic acids is 2. The molecule has 0 saturated carbocycles. The number of hydrogen-bond donors (Lipinski definition) is 0. The molecule has 0 fully saturated rings. The number of allylic oxidation sites excluding steroid dienone is 4. The smallest absolute Gasteiger partial charge is 0.306 e. The van der Waals surface area contributed by atoms with Gasteiger partial charge in [-0.1, -0.05) is 212 Å². The van der Waals surface area contributed by atoms with E-state index in [2.05, 4.69) is 38.2 Å². The first-order valence-corrected chi connectivity index (χ1v) is 27.0. The third kappa shape index (κ3) is 47.8. The minimum Gasteiger partial charge on any atom is -0.756 e. The van der Waals surface area contributed by atoms with Gasteiger partial charge in [0, 0.05) is 12.8 Å². The van der Waals surface area contributed by atoms with Crippen molar-refractivity contribution in [1.82, 2.24) is 0 Å². The molecule has 0 radical (unpaired) electrons. The maximum atomic E-state index is 12.7. The number of hydrogen-bond acceptors (Lipinski definition) is 8. The summed E-state index contributed by atoms with van der Waals surface area (Å²) in [5, 5.41) is 0. The van der Waals surface area contributed by atoms with Crippen LogP contribution < -0.4 is 4.89 Å². The Bertz CT molecular complexity index is 1090. The van der Waals surface area contributed by atoms with Crippen LogP contribution in [0.4, 0.5) is 0 Å². The van der Waals surface area contributed by atoms with Gasteiger partial charge in [-0.25, -0.2) is 0 Å². The Morgan fingerprint density at radius 1 is 0.508 bits per heavy atom. The number of carbonyl (C=O) groups is 2. The minimum absolute atomic E-state index is 0.0310. The van der Waals surface area contributed by atoms with Crippen LogP contribution in [0.3, 0.4) is 0 Å². The highest BCUT2D eigenvalue weighted by Gasteiger charge is 2.21. The largest absolute Gasteiger partial charge is 0.756 e. The molecule has 0 amide bonds. The number of phosphoric acid groups is 1. The van der Waals surface area contributed by atoms with E-state index >= 15 is 0 Å². The van der Waals surface area contributed by atoms with E-state index in [1.54, 1.807) is 0 Å². The standard InChI is InChI=1S/C51H98NO8P/c1-6-8-10-12-14-16-18-20-22-23-24-25-26-27-28-29-30-32-34-36-38-40-42-44-51(54)60-49(48-59-61(55,56)58-46-45-52(3,4)5)47-57-50(53)43-41-39-37-35-33-31-21-19-17-15-13-11-9-7-2/h13,15,19,21,49H,6-12,14,16-18,20,22-48H2,1-5H3/b15-13+,21-19+/t49-/m1/s1. The molecule has 10 heteroatoms. The van der Waals surface area contributed by atoms with Gasteiger partial charge in [-0.15, -0.1) is 0 Å². The summed E-state index contributed by atoms with van der Waals surface area (Å²) in [6, 6.07) is 0. The van der Waals surface area contributed by atoms with Crippen molar-refractivity contribution in [3.05, 3.63) is 24.3 Å². The second-order valence-electron chi connectivity index (χ2n) is 18.5. The van der Waals surface area contributed by atoms with E-state index in [1.165, 1.54) is 141 Å². The van der Waals surface area contributed by atoms with Gasteiger partial charge < -0.3 is 27.9 Å². The van der Waals surface area contributed by atoms with E-state index in [4.69, 9.17) is 18.5 Å². The molecule has 1 unspecified atom stereocenters. The first kappa shape index (κ1) is 59.5.